The fraction of sp³-hybridized carbons (Fsp3) is 0.400. The van der Waals surface area contributed by atoms with Crippen LogP contribution in [0.4, 0.5) is 0 Å². The van der Waals surface area contributed by atoms with Crippen LogP contribution in [0.25, 0.3) is 0 Å². The van der Waals surface area contributed by atoms with Gasteiger partial charge in [-0.25, -0.2) is 9.78 Å². The third-order valence-electron chi connectivity index (χ3n) is 0.932. The number of carbonyl (C=O) groups excluding carboxylic acids is 1. The molecule has 0 aliphatic rings. The van der Waals surface area contributed by atoms with Gasteiger partial charge in [0.05, 0.1) is 0 Å². The smallest absolute Gasteiger partial charge is 0.235 e. The monoisotopic (exact) mass is 138 g/mol. The van der Waals surface area contributed by atoms with E-state index < -0.39 is 0 Å². The molecular formula is C5H6N4O. The van der Waals surface area contributed by atoms with Crippen LogP contribution in [0.2, 0.25) is 0 Å². The molecule has 0 unspecified atom stereocenters. The average Bonchev–Trinajstić information content (AvgIpc) is 2.31. The van der Waals surface area contributed by atoms with Crippen LogP contribution in [0.3, 0.4) is 0 Å². The minimum absolute atomic E-state index is 0.213. The summed E-state index contributed by atoms with van der Waals surface area (Å²) in [5, 5.41) is 3.88. The highest BCUT2D eigenvalue weighted by Crippen LogP contribution is 1.88. The molecule has 52 valence electrons. The Morgan fingerprint density at radius 1 is 1.90 bits per heavy atom. The van der Waals surface area contributed by atoms with Crippen molar-refractivity contribution in [1.29, 1.82) is 0 Å². The number of isocyanates is 1. The molecule has 0 spiro atoms. The lowest BCUT2D eigenvalue weighted by atomic mass is 10.6. The van der Waals surface area contributed by atoms with Crippen LogP contribution in [0.1, 0.15) is 5.82 Å². The van der Waals surface area contributed by atoms with Gasteiger partial charge in [-0.15, -0.1) is 0 Å². The van der Waals surface area contributed by atoms with Gasteiger partial charge in [0.25, 0.3) is 0 Å². The minimum Gasteiger partial charge on any atom is -0.256 e. The van der Waals surface area contributed by atoms with E-state index in [-0.39, 0.29) is 6.54 Å². The van der Waals surface area contributed by atoms with Gasteiger partial charge in [-0.2, -0.15) is 10.1 Å². The van der Waals surface area contributed by atoms with Crippen LogP contribution in [0.5, 0.6) is 0 Å². The summed E-state index contributed by atoms with van der Waals surface area (Å²) in [6.45, 7) is 0.213. The predicted octanol–water partition coefficient (Wildman–Crippen LogP) is -0.349. The second kappa shape index (κ2) is 2.89. The number of aryl methyl sites for hydroxylation is 1. The summed E-state index contributed by atoms with van der Waals surface area (Å²) in [6.07, 6.45) is 2.96. The standard InChI is InChI=1S/C5H6N4O/c1-9-3-7-5(8-9)2-6-4-10/h3H,2H2,1H3. The molecule has 1 aromatic heterocycles. The van der Waals surface area contributed by atoms with Crippen molar-refractivity contribution in [3.05, 3.63) is 12.2 Å². The van der Waals surface area contributed by atoms with E-state index in [1.807, 2.05) is 0 Å². The highest BCUT2D eigenvalue weighted by Gasteiger charge is 1.93. The van der Waals surface area contributed by atoms with Gasteiger partial charge in [0.1, 0.15) is 12.9 Å². The largest absolute Gasteiger partial charge is 0.256 e. The Labute approximate surface area is 57.4 Å². The summed E-state index contributed by atoms with van der Waals surface area (Å²) in [7, 11) is 1.75. The fourth-order valence-corrected chi connectivity index (χ4v) is 0.559. The molecule has 0 amide bonds. The van der Waals surface area contributed by atoms with Crippen LogP contribution in [0.15, 0.2) is 11.3 Å². The Morgan fingerprint density at radius 2 is 2.70 bits per heavy atom. The van der Waals surface area contributed by atoms with Crippen molar-refractivity contribution < 1.29 is 4.79 Å². The topological polar surface area (TPSA) is 60.1 Å². The molecule has 0 N–H and O–H groups in total. The van der Waals surface area contributed by atoms with E-state index in [1.54, 1.807) is 18.1 Å². The first kappa shape index (κ1) is 6.64. The van der Waals surface area contributed by atoms with E-state index in [9.17, 15) is 4.79 Å². The maximum atomic E-state index is 9.63. The first-order chi connectivity index (χ1) is 4.83. The van der Waals surface area contributed by atoms with Gasteiger partial charge in [0, 0.05) is 7.05 Å². The zero-order valence-electron chi connectivity index (χ0n) is 5.48. The maximum absolute atomic E-state index is 9.63. The number of aromatic nitrogens is 3. The molecule has 0 aromatic carbocycles. The molecular weight excluding hydrogens is 132 g/mol. The molecule has 0 saturated carbocycles. The van der Waals surface area contributed by atoms with E-state index in [4.69, 9.17) is 0 Å². The molecule has 5 nitrogen and oxygen atoms in total. The molecule has 10 heavy (non-hydrogen) atoms. The third kappa shape index (κ3) is 1.50. The highest BCUT2D eigenvalue weighted by molar-refractivity contribution is 5.32. The zero-order valence-corrected chi connectivity index (χ0v) is 5.48. The molecule has 0 aliphatic carbocycles. The van der Waals surface area contributed by atoms with Gasteiger partial charge in [-0.1, -0.05) is 0 Å². The molecule has 1 aromatic rings. The van der Waals surface area contributed by atoms with Gasteiger partial charge in [-0.05, 0) is 0 Å². The van der Waals surface area contributed by atoms with E-state index in [0.717, 1.165) is 0 Å². The van der Waals surface area contributed by atoms with Crippen LogP contribution in [0, 0.1) is 0 Å². The maximum Gasteiger partial charge on any atom is 0.235 e. The molecule has 0 saturated heterocycles. The number of hydrogen-bond acceptors (Lipinski definition) is 4. The van der Waals surface area contributed by atoms with Crippen LogP contribution >= 0.6 is 0 Å². The fourth-order valence-electron chi connectivity index (χ4n) is 0.559. The number of rotatable bonds is 2. The number of nitrogens with zero attached hydrogens (tertiary/aromatic N) is 4. The summed E-state index contributed by atoms with van der Waals surface area (Å²) in [4.78, 5) is 16.8. The Balaban J connectivity index is 2.66. The predicted molar refractivity (Wildman–Crippen MR) is 32.8 cm³/mol. The quantitative estimate of drug-likeness (QED) is 0.414. The first-order valence-corrected chi connectivity index (χ1v) is 2.71. The lowest BCUT2D eigenvalue weighted by molar-refractivity contribution is 0.562. The summed E-state index contributed by atoms with van der Waals surface area (Å²) in [5.41, 5.74) is 0. The molecule has 5 heteroatoms. The van der Waals surface area contributed by atoms with Crippen LogP contribution in [-0.4, -0.2) is 20.8 Å². The first-order valence-electron chi connectivity index (χ1n) is 2.71. The number of hydrogen-bond donors (Lipinski definition) is 0. The van der Waals surface area contributed by atoms with Crippen molar-refractivity contribution in [1.82, 2.24) is 14.8 Å². The molecule has 1 heterocycles. The third-order valence-corrected chi connectivity index (χ3v) is 0.932. The van der Waals surface area contributed by atoms with Crippen molar-refractivity contribution in [2.45, 2.75) is 6.54 Å². The van der Waals surface area contributed by atoms with Gasteiger partial charge in [-0.3, -0.25) is 4.68 Å². The van der Waals surface area contributed by atoms with Crippen molar-refractivity contribution >= 4 is 6.08 Å². The van der Waals surface area contributed by atoms with Gasteiger partial charge >= 0.3 is 0 Å². The lowest BCUT2D eigenvalue weighted by Gasteiger charge is -1.81. The molecule has 0 atom stereocenters. The van der Waals surface area contributed by atoms with Gasteiger partial charge in [0.15, 0.2) is 5.82 Å². The van der Waals surface area contributed by atoms with Crippen LogP contribution < -0.4 is 0 Å². The van der Waals surface area contributed by atoms with E-state index in [2.05, 4.69) is 15.1 Å². The summed E-state index contributed by atoms with van der Waals surface area (Å²) >= 11 is 0. The average molecular weight is 138 g/mol. The second-order valence-corrected chi connectivity index (χ2v) is 1.74. The zero-order chi connectivity index (χ0) is 7.40. The van der Waals surface area contributed by atoms with Crippen LogP contribution in [-0.2, 0) is 18.4 Å². The molecule has 0 fully saturated rings. The Morgan fingerprint density at radius 3 is 3.20 bits per heavy atom. The molecule has 1 rings (SSSR count). The summed E-state index contributed by atoms with van der Waals surface area (Å²) in [5.74, 6) is 0.533. The summed E-state index contributed by atoms with van der Waals surface area (Å²) < 4.78 is 1.55. The normalized spacial score (nSPS) is 8.90. The molecule has 0 radical (unpaired) electrons. The van der Waals surface area contributed by atoms with Crippen molar-refractivity contribution in [3.63, 3.8) is 0 Å². The van der Waals surface area contributed by atoms with Gasteiger partial charge < -0.3 is 0 Å². The Hall–Kier alpha value is -1.48. The van der Waals surface area contributed by atoms with Crippen molar-refractivity contribution in [2.75, 3.05) is 0 Å². The minimum atomic E-state index is 0.213. The second-order valence-electron chi connectivity index (χ2n) is 1.74. The summed E-state index contributed by atoms with van der Waals surface area (Å²) in [6, 6.07) is 0. The molecule has 0 aliphatic heterocycles. The SMILES string of the molecule is Cn1cnc(CN=C=O)n1. The van der Waals surface area contributed by atoms with E-state index in [0.29, 0.717) is 5.82 Å². The molecule has 0 bridgehead atoms. The van der Waals surface area contributed by atoms with E-state index >= 15 is 0 Å². The Bertz CT molecular complexity index is 260. The highest BCUT2D eigenvalue weighted by atomic mass is 16.1. The van der Waals surface area contributed by atoms with Crippen molar-refractivity contribution in [3.8, 4) is 0 Å². The number of aliphatic imine (C=N–C) groups is 1. The Kier molecular flexibility index (Phi) is 1.92. The lowest BCUT2D eigenvalue weighted by Crippen LogP contribution is -1.89. The van der Waals surface area contributed by atoms with Gasteiger partial charge in [0.2, 0.25) is 6.08 Å². The van der Waals surface area contributed by atoms with Crippen molar-refractivity contribution in [2.24, 2.45) is 12.0 Å². The van der Waals surface area contributed by atoms with E-state index in [1.165, 1.54) is 6.08 Å².